The smallest absolute Gasteiger partial charge is 0.129 e. The van der Waals surface area contributed by atoms with E-state index < -0.39 is 0 Å². The van der Waals surface area contributed by atoms with Gasteiger partial charge in [0.1, 0.15) is 11.0 Å². The zero-order chi connectivity index (χ0) is 13.2. The van der Waals surface area contributed by atoms with Gasteiger partial charge in [0.05, 0.1) is 35.1 Å². The van der Waals surface area contributed by atoms with Gasteiger partial charge in [0.15, 0.2) is 0 Å². The van der Waals surface area contributed by atoms with Gasteiger partial charge in [-0.3, -0.25) is 0 Å². The number of benzene rings is 1. The molecule has 5 nitrogen and oxygen atoms in total. The van der Waals surface area contributed by atoms with E-state index in [0.717, 1.165) is 43.0 Å². The number of likely N-dealkylation sites (N-methyl/N-ethyl adjacent to an activating group) is 1. The summed E-state index contributed by atoms with van der Waals surface area (Å²) in [6, 6.07) is 3.73. The van der Waals surface area contributed by atoms with Gasteiger partial charge in [-0.1, -0.05) is 11.6 Å². The highest BCUT2D eigenvalue weighted by Gasteiger charge is 2.18. The van der Waals surface area contributed by atoms with Gasteiger partial charge < -0.3 is 15.0 Å². The molecule has 0 radical (unpaired) electrons. The lowest BCUT2D eigenvalue weighted by Gasteiger charge is -2.30. The van der Waals surface area contributed by atoms with Gasteiger partial charge in [-0.15, -0.1) is 0 Å². The highest BCUT2D eigenvalue weighted by molar-refractivity contribution is 7.00. The van der Waals surface area contributed by atoms with Crippen LogP contribution in [0.15, 0.2) is 12.1 Å². The Kier molecular flexibility index (Phi) is 3.83. The van der Waals surface area contributed by atoms with Crippen LogP contribution in [0.25, 0.3) is 11.0 Å². The van der Waals surface area contributed by atoms with Gasteiger partial charge in [-0.25, -0.2) is 0 Å². The molecule has 1 saturated heterocycles. The summed E-state index contributed by atoms with van der Waals surface area (Å²) in [5, 5.41) is 4.02. The standard InChI is InChI=1S/C12H15ClN4OS/c1-17-4-5-18-8(7-17)6-14-11-9(13)2-3-10-12(11)16-19-15-10/h2-3,8,14H,4-7H2,1H3. The lowest BCUT2D eigenvalue weighted by atomic mass is 10.2. The van der Waals surface area contributed by atoms with Crippen molar-refractivity contribution in [2.24, 2.45) is 0 Å². The normalized spacial score (nSPS) is 20.8. The van der Waals surface area contributed by atoms with Crippen LogP contribution in [0.1, 0.15) is 0 Å². The number of aromatic nitrogens is 2. The van der Waals surface area contributed by atoms with Crippen molar-refractivity contribution in [1.82, 2.24) is 13.6 Å². The van der Waals surface area contributed by atoms with Crippen LogP contribution in [0.4, 0.5) is 5.69 Å². The lowest BCUT2D eigenvalue weighted by molar-refractivity contribution is -0.0117. The summed E-state index contributed by atoms with van der Waals surface area (Å²) >= 11 is 7.43. The number of nitrogens with one attached hydrogen (secondary N) is 1. The maximum Gasteiger partial charge on any atom is 0.129 e. The van der Waals surface area contributed by atoms with Gasteiger partial charge in [-0.05, 0) is 19.2 Å². The maximum atomic E-state index is 6.23. The SMILES string of the molecule is CN1CCOC(CNc2c(Cl)ccc3nsnc23)C1. The lowest BCUT2D eigenvalue weighted by Crippen LogP contribution is -2.43. The van der Waals surface area contributed by atoms with Gasteiger partial charge in [0.25, 0.3) is 0 Å². The molecule has 1 aliphatic rings. The van der Waals surface area contributed by atoms with Gasteiger partial charge in [0.2, 0.25) is 0 Å². The summed E-state index contributed by atoms with van der Waals surface area (Å²) < 4.78 is 14.2. The summed E-state index contributed by atoms with van der Waals surface area (Å²) in [5.74, 6) is 0. The van der Waals surface area contributed by atoms with Crippen LogP contribution < -0.4 is 5.32 Å². The highest BCUT2D eigenvalue weighted by atomic mass is 35.5. The largest absolute Gasteiger partial charge is 0.379 e. The summed E-state index contributed by atoms with van der Waals surface area (Å²) in [7, 11) is 2.10. The second kappa shape index (κ2) is 5.58. The third-order valence-corrected chi connectivity index (χ3v) is 4.08. The molecule has 19 heavy (non-hydrogen) atoms. The number of hydrogen-bond acceptors (Lipinski definition) is 6. The fourth-order valence-corrected chi connectivity index (χ4v) is 2.96. The zero-order valence-corrected chi connectivity index (χ0v) is 12.2. The first-order valence-electron chi connectivity index (χ1n) is 6.19. The number of ether oxygens (including phenoxy) is 1. The van der Waals surface area contributed by atoms with Crippen molar-refractivity contribution in [2.75, 3.05) is 38.6 Å². The zero-order valence-electron chi connectivity index (χ0n) is 10.6. The number of halogens is 1. The van der Waals surface area contributed by atoms with E-state index in [0.29, 0.717) is 5.02 Å². The van der Waals surface area contributed by atoms with Gasteiger partial charge >= 0.3 is 0 Å². The summed E-state index contributed by atoms with van der Waals surface area (Å²) in [4.78, 5) is 2.27. The third-order valence-electron chi connectivity index (χ3n) is 3.23. The Hall–Kier alpha value is -0.950. The van der Waals surface area contributed by atoms with Crippen molar-refractivity contribution in [3.8, 4) is 0 Å². The van der Waals surface area contributed by atoms with Crippen LogP contribution in [0.3, 0.4) is 0 Å². The summed E-state index contributed by atoms with van der Waals surface area (Å²) in [5.41, 5.74) is 2.56. The Morgan fingerprint density at radius 3 is 3.26 bits per heavy atom. The Labute approximate surface area is 120 Å². The summed E-state index contributed by atoms with van der Waals surface area (Å²) in [6.07, 6.45) is 0.177. The fourth-order valence-electron chi connectivity index (χ4n) is 2.20. The average molecular weight is 299 g/mol. The van der Waals surface area contributed by atoms with E-state index in [9.17, 15) is 0 Å². The first-order chi connectivity index (χ1) is 9.24. The molecule has 1 aromatic carbocycles. The molecule has 0 bridgehead atoms. The van der Waals surface area contributed by atoms with Crippen LogP contribution in [0.2, 0.25) is 5.02 Å². The Bertz CT molecular complexity index is 576. The molecule has 0 spiro atoms. The van der Waals surface area contributed by atoms with Crippen LogP contribution in [-0.2, 0) is 4.74 Å². The van der Waals surface area contributed by atoms with Crippen molar-refractivity contribution >= 4 is 40.0 Å². The Balaban J connectivity index is 1.74. The molecule has 2 aromatic rings. The molecule has 1 N–H and O–H groups in total. The molecule has 0 amide bonds. The average Bonchev–Trinajstić information content (AvgIpc) is 2.86. The predicted octanol–water partition coefficient (Wildman–Crippen LogP) is 2.09. The topological polar surface area (TPSA) is 50.3 Å². The molecule has 2 heterocycles. The third kappa shape index (κ3) is 2.81. The van der Waals surface area contributed by atoms with Crippen molar-refractivity contribution < 1.29 is 4.74 Å². The molecule has 0 aliphatic carbocycles. The molecular formula is C12H15ClN4OS. The minimum atomic E-state index is 0.177. The van der Waals surface area contributed by atoms with E-state index in [1.807, 2.05) is 12.1 Å². The van der Waals surface area contributed by atoms with Crippen LogP contribution in [0, 0.1) is 0 Å². The van der Waals surface area contributed by atoms with E-state index in [-0.39, 0.29) is 6.10 Å². The molecule has 3 rings (SSSR count). The van der Waals surface area contributed by atoms with Crippen molar-refractivity contribution in [3.63, 3.8) is 0 Å². The van der Waals surface area contributed by atoms with E-state index in [1.165, 1.54) is 11.7 Å². The molecule has 1 fully saturated rings. The molecule has 1 aromatic heterocycles. The minimum Gasteiger partial charge on any atom is -0.379 e. The van der Waals surface area contributed by atoms with Crippen molar-refractivity contribution in [2.45, 2.75) is 6.10 Å². The second-order valence-electron chi connectivity index (χ2n) is 4.69. The first kappa shape index (κ1) is 13.1. The van der Waals surface area contributed by atoms with E-state index in [1.54, 1.807) is 0 Å². The number of hydrogen-bond donors (Lipinski definition) is 1. The molecule has 102 valence electrons. The number of morpholine rings is 1. The Morgan fingerprint density at radius 1 is 1.53 bits per heavy atom. The van der Waals surface area contributed by atoms with E-state index in [4.69, 9.17) is 16.3 Å². The fraction of sp³-hybridized carbons (Fsp3) is 0.500. The van der Waals surface area contributed by atoms with Crippen LogP contribution >= 0.6 is 23.3 Å². The molecule has 1 atom stereocenters. The molecule has 1 aliphatic heterocycles. The second-order valence-corrected chi connectivity index (χ2v) is 5.63. The van der Waals surface area contributed by atoms with Crippen LogP contribution in [-0.4, -0.2) is 53.0 Å². The minimum absolute atomic E-state index is 0.177. The molecule has 7 heteroatoms. The van der Waals surface area contributed by atoms with Crippen molar-refractivity contribution in [1.29, 1.82) is 0 Å². The number of rotatable bonds is 3. The molecular weight excluding hydrogens is 284 g/mol. The first-order valence-corrected chi connectivity index (χ1v) is 7.29. The maximum absolute atomic E-state index is 6.23. The molecule has 0 saturated carbocycles. The van der Waals surface area contributed by atoms with Gasteiger partial charge in [0, 0.05) is 19.6 Å². The molecule has 1 unspecified atom stereocenters. The van der Waals surface area contributed by atoms with Crippen molar-refractivity contribution in [3.05, 3.63) is 17.2 Å². The van der Waals surface area contributed by atoms with Gasteiger partial charge in [-0.2, -0.15) is 8.75 Å². The highest BCUT2D eigenvalue weighted by Crippen LogP contribution is 2.29. The monoisotopic (exact) mass is 298 g/mol. The van der Waals surface area contributed by atoms with E-state index >= 15 is 0 Å². The Morgan fingerprint density at radius 2 is 2.42 bits per heavy atom. The number of fused-ring (bicyclic) bond motifs is 1. The van der Waals surface area contributed by atoms with Crippen LogP contribution in [0.5, 0.6) is 0 Å². The van der Waals surface area contributed by atoms with E-state index in [2.05, 4.69) is 26.0 Å². The quantitative estimate of drug-likeness (QED) is 0.940. The number of nitrogens with zero attached hydrogens (tertiary/aromatic N) is 3. The number of anilines is 1. The predicted molar refractivity (Wildman–Crippen MR) is 78.2 cm³/mol. The summed E-state index contributed by atoms with van der Waals surface area (Å²) in [6.45, 7) is 3.42.